The van der Waals surface area contributed by atoms with Crippen LogP contribution in [0.15, 0.2) is 66.9 Å². The van der Waals surface area contributed by atoms with Gasteiger partial charge in [0, 0.05) is 23.6 Å². The smallest absolute Gasteiger partial charge is 0.248 e. The fourth-order valence-electron chi connectivity index (χ4n) is 2.41. The normalized spacial score (nSPS) is 10.8. The standard InChI is InChI=1S/C21H20N2O2S/c1-16-22-15-18(26-16)11-12-21(24)23-19-9-5-6-10-20(19)25-14-13-17-7-3-2-4-8-17/h2-12,15H,13-14H2,1H3,(H,23,24). The van der Waals surface area contributed by atoms with Crippen LogP contribution in [0.1, 0.15) is 15.4 Å². The van der Waals surface area contributed by atoms with Gasteiger partial charge in [0.25, 0.3) is 0 Å². The number of hydrogen-bond acceptors (Lipinski definition) is 4. The molecule has 0 atom stereocenters. The highest BCUT2D eigenvalue weighted by atomic mass is 32.1. The van der Waals surface area contributed by atoms with Gasteiger partial charge >= 0.3 is 0 Å². The first kappa shape index (κ1) is 17.9. The van der Waals surface area contributed by atoms with Crippen molar-refractivity contribution in [1.82, 2.24) is 4.98 Å². The number of hydrogen-bond donors (Lipinski definition) is 1. The van der Waals surface area contributed by atoms with Gasteiger partial charge < -0.3 is 10.1 Å². The number of rotatable bonds is 7. The molecule has 132 valence electrons. The Labute approximate surface area is 157 Å². The lowest BCUT2D eigenvalue weighted by Crippen LogP contribution is -2.10. The summed E-state index contributed by atoms with van der Waals surface area (Å²) in [6.45, 7) is 2.48. The number of aryl methyl sites for hydroxylation is 1. The summed E-state index contributed by atoms with van der Waals surface area (Å²) in [4.78, 5) is 17.3. The van der Waals surface area contributed by atoms with Crippen molar-refractivity contribution >= 4 is 29.0 Å². The number of thiazole rings is 1. The van der Waals surface area contributed by atoms with E-state index in [0.717, 1.165) is 16.3 Å². The summed E-state index contributed by atoms with van der Waals surface area (Å²) in [5.41, 5.74) is 1.88. The van der Waals surface area contributed by atoms with Crippen LogP contribution in [0.2, 0.25) is 0 Å². The molecule has 1 N–H and O–H groups in total. The summed E-state index contributed by atoms with van der Waals surface area (Å²) in [5.74, 6) is 0.467. The van der Waals surface area contributed by atoms with Gasteiger partial charge in [-0.1, -0.05) is 42.5 Å². The Bertz CT molecular complexity index is 888. The summed E-state index contributed by atoms with van der Waals surface area (Å²) in [5, 5.41) is 3.84. The number of anilines is 1. The Morgan fingerprint density at radius 2 is 1.92 bits per heavy atom. The van der Waals surface area contributed by atoms with Gasteiger partial charge in [-0.3, -0.25) is 4.79 Å². The van der Waals surface area contributed by atoms with Crippen LogP contribution in [0.25, 0.3) is 6.08 Å². The van der Waals surface area contributed by atoms with Gasteiger partial charge in [0.15, 0.2) is 0 Å². The second-order valence-corrected chi connectivity index (χ2v) is 6.95. The largest absolute Gasteiger partial charge is 0.491 e. The van der Waals surface area contributed by atoms with Crippen LogP contribution in [-0.2, 0) is 11.2 Å². The van der Waals surface area contributed by atoms with Crippen molar-refractivity contribution in [2.24, 2.45) is 0 Å². The lowest BCUT2D eigenvalue weighted by atomic mass is 10.2. The number of amides is 1. The van der Waals surface area contributed by atoms with E-state index < -0.39 is 0 Å². The zero-order chi connectivity index (χ0) is 18.2. The summed E-state index contributed by atoms with van der Waals surface area (Å²) in [7, 11) is 0. The van der Waals surface area contributed by atoms with Gasteiger partial charge in [-0.25, -0.2) is 4.98 Å². The van der Waals surface area contributed by atoms with Crippen molar-refractivity contribution in [1.29, 1.82) is 0 Å². The summed E-state index contributed by atoms with van der Waals surface area (Å²) in [6, 6.07) is 17.6. The Morgan fingerprint density at radius 3 is 2.69 bits per heavy atom. The van der Waals surface area contributed by atoms with E-state index in [4.69, 9.17) is 4.74 Å². The van der Waals surface area contributed by atoms with Crippen molar-refractivity contribution in [3.8, 4) is 5.75 Å². The monoisotopic (exact) mass is 364 g/mol. The van der Waals surface area contributed by atoms with E-state index >= 15 is 0 Å². The molecule has 4 nitrogen and oxygen atoms in total. The molecule has 5 heteroatoms. The number of para-hydroxylation sites is 2. The molecule has 0 saturated carbocycles. The van der Waals surface area contributed by atoms with Crippen molar-refractivity contribution < 1.29 is 9.53 Å². The molecule has 1 heterocycles. The lowest BCUT2D eigenvalue weighted by Gasteiger charge is -2.11. The molecule has 26 heavy (non-hydrogen) atoms. The molecule has 3 rings (SSSR count). The molecule has 0 bridgehead atoms. The molecule has 0 aliphatic carbocycles. The van der Waals surface area contributed by atoms with Crippen LogP contribution in [0.4, 0.5) is 5.69 Å². The van der Waals surface area contributed by atoms with Crippen LogP contribution >= 0.6 is 11.3 Å². The minimum atomic E-state index is -0.199. The predicted molar refractivity (Wildman–Crippen MR) is 107 cm³/mol. The molecule has 0 unspecified atom stereocenters. The van der Waals surface area contributed by atoms with E-state index in [1.54, 1.807) is 23.6 Å². The van der Waals surface area contributed by atoms with Crippen LogP contribution < -0.4 is 10.1 Å². The number of carbonyl (C=O) groups excluding carboxylic acids is 1. The fraction of sp³-hybridized carbons (Fsp3) is 0.143. The van der Waals surface area contributed by atoms with E-state index in [1.807, 2.05) is 49.4 Å². The van der Waals surface area contributed by atoms with Crippen molar-refractivity contribution in [2.75, 3.05) is 11.9 Å². The second kappa shape index (κ2) is 8.97. The topological polar surface area (TPSA) is 51.2 Å². The number of aromatic nitrogens is 1. The Kier molecular flexibility index (Phi) is 6.17. The van der Waals surface area contributed by atoms with Gasteiger partial charge in [0.05, 0.1) is 17.3 Å². The van der Waals surface area contributed by atoms with Crippen molar-refractivity contribution in [3.63, 3.8) is 0 Å². The molecule has 1 aromatic heterocycles. The average Bonchev–Trinajstić information content (AvgIpc) is 3.08. The molecule has 0 radical (unpaired) electrons. The molecule has 3 aromatic rings. The van der Waals surface area contributed by atoms with Crippen molar-refractivity contribution in [2.45, 2.75) is 13.3 Å². The molecular formula is C21H20N2O2S. The third-order valence-electron chi connectivity index (χ3n) is 3.67. The van der Waals surface area contributed by atoms with Crippen LogP contribution in [0.5, 0.6) is 5.75 Å². The average molecular weight is 364 g/mol. The van der Waals surface area contributed by atoms with Crippen molar-refractivity contribution in [3.05, 3.63) is 82.3 Å². The third kappa shape index (κ3) is 5.29. The van der Waals surface area contributed by atoms with E-state index in [0.29, 0.717) is 18.0 Å². The molecule has 0 aliphatic rings. The fourth-order valence-corrected chi connectivity index (χ4v) is 3.09. The minimum absolute atomic E-state index is 0.199. The van der Waals surface area contributed by atoms with Crippen LogP contribution in [-0.4, -0.2) is 17.5 Å². The van der Waals surface area contributed by atoms with Crippen LogP contribution in [0, 0.1) is 6.92 Å². The molecule has 0 fully saturated rings. The molecular weight excluding hydrogens is 344 g/mol. The quantitative estimate of drug-likeness (QED) is 0.617. The lowest BCUT2D eigenvalue weighted by molar-refractivity contribution is -0.111. The third-order valence-corrected chi connectivity index (χ3v) is 4.55. The zero-order valence-corrected chi connectivity index (χ0v) is 15.3. The highest BCUT2D eigenvalue weighted by molar-refractivity contribution is 7.12. The van der Waals surface area contributed by atoms with E-state index in [2.05, 4.69) is 22.4 Å². The summed E-state index contributed by atoms with van der Waals surface area (Å²) < 4.78 is 5.86. The van der Waals surface area contributed by atoms with Gasteiger partial charge in [-0.2, -0.15) is 0 Å². The first-order chi connectivity index (χ1) is 12.7. The Hall–Kier alpha value is -2.92. The number of carbonyl (C=O) groups is 1. The van der Waals surface area contributed by atoms with E-state index in [9.17, 15) is 4.79 Å². The SMILES string of the molecule is Cc1ncc(C=CC(=O)Nc2ccccc2OCCc2ccccc2)s1. The van der Waals surface area contributed by atoms with Crippen LogP contribution in [0.3, 0.4) is 0 Å². The van der Waals surface area contributed by atoms with E-state index in [-0.39, 0.29) is 5.91 Å². The first-order valence-electron chi connectivity index (χ1n) is 8.38. The summed E-state index contributed by atoms with van der Waals surface area (Å²) in [6.07, 6.45) is 5.84. The maximum Gasteiger partial charge on any atom is 0.248 e. The van der Waals surface area contributed by atoms with Gasteiger partial charge in [0.1, 0.15) is 5.75 Å². The number of ether oxygens (including phenoxy) is 1. The van der Waals surface area contributed by atoms with Gasteiger partial charge in [0.2, 0.25) is 5.91 Å². The number of nitrogens with zero attached hydrogens (tertiary/aromatic N) is 1. The maximum atomic E-state index is 12.2. The minimum Gasteiger partial charge on any atom is -0.491 e. The molecule has 0 spiro atoms. The summed E-state index contributed by atoms with van der Waals surface area (Å²) >= 11 is 1.55. The predicted octanol–water partition coefficient (Wildman–Crippen LogP) is 4.72. The zero-order valence-electron chi connectivity index (χ0n) is 14.5. The Balaban J connectivity index is 1.57. The molecule has 1 amide bonds. The molecule has 2 aromatic carbocycles. The number of nitrogens with one attached hydrogen (secondary N) is 1. The molecule has 0 aliphatic heterocycles. The Morgan fingerprint density at radius 1 is 1.15 bits per heavy atom. The first-order valence-corrected chi connectivity index (χ1v) is 9.19. The highest BCUT2D eigenvalue weighted by Gasteiger charge is 2.06. The second-order valence-electron chi connectivity index (χ2n) is 5.68. The maximum absolute atomic E-state index is 12.2. The van der Waals surface area contributed by atoms with Gasteiger partial charge in [-0.05, 0) is 30.7 Å². The van der Waals surface area contributed by atoms with E-state index in [1.165, 1.54) is 11.6 Å². The molecule has 0 saturated heterocycles. The van der Waals surface area contributed by atoms with Gasteiger partial charge in [-0.15, -0.1) is 11.3 Å². The number of benzene rings is 2. The highest BCUT2D eigenvalue weighted by Crippen LogP contribution is 2.24.